The zero-order chi connectivity index (χ0) is 22.6. The fourth-order valence-electron chi connectivity index (χ4n) is 3.52. The number of esters is 1. The van der Waals surface area contributed by atoms with E-state index in [-0.39, 0.29) is 28.9 Å². The highest BCUT2D eigenvalue weighted by Gasteiger charge is 2.21. The predicted octanol–water partition coefficient (Wildman–Crippen LogP) is 3.34. The van der Waals surface area contributed by atoms with Crippen LogP contribution in [0.1, 0.15) is 33.6 Å². The van der Waals surface area contributed by atoms with Crippen LogP contribution in [0.5, 0.6) is 0 Å². The molecule has 0 radical (unpaired) electrons. The van der Waals surface area contributed by atoms with Crippen molar-refractivity contribution in [2.45, 2.75) is 23.8 Å². The molecule has 3 aromatic carbocycles. The van der Waals surface area contributed by atoms with E-state index in [2.05, 4.69) is 4.72 Å². The minimum atomic E-state index is -3.71. The Morgan fingerprint density at radius 1 is 0.969 bits per heavy atom. The Kier molecular flexibility index (Phi) is 6.64. The van der Waals surface area contributed by atoms with Gasteiger partial charge < -0.3 is 9.47 Å². The number of fused-ring (bicyclic) bond motifs is 1. The first-order valence-corrected chi connectivity index (χ1v) is 11.8. The molecule has 1 unspecified atom stereocenters. The number of ketones is 1. The molecule has 1 atom stereocenters. The van der Waals surface area contributed by atoms with Crippen LogP contribution in [0.2, 0.25) is 0 Å². The molecule has 166 valence electrons. The van der Waals surface area contributed by atoms with Crippen molar-refractivity contribution in [3.05, 3.63) is 77.9 Å². The number of hydrogen-bond acceptors (Lipinski definition) is 6. The molecule has 1 fully saturated rings. The molecule has 8 heteroatoms. The first-order valence-electron chi connectivity index (χ1n) is 10.3. The van der Waals surface area contributed by atoms with Gasteiger partial charge in [-0.25, -0.2) is 17.9 Å². The molecule has 0 bridgehead atoms. The maximum atomic E-state index is 12.4. The van der Waals surface area contributed by atoms with Crippen LogP contribution in [0.25, 0.3) is 10.8 Å². The maximum absolute atomic E-state index is 12.4. The lowest BCUT2D eigenvalue weighted by Gasteiger charge is -2.11. The van der Waals surface area contributed by atoms with Crippen LogP contribution in [-0.4, -0.2) is 46.0 Å². The van der Waals surface area contributed by atoms with Gasteiger partial charge in [0.25, 0.3) is 0 Å². The van der Waals surface area contributed by atoms with Crippen molar-refractivity contribution < 1.29 is 27.5 Å². The summed E-state index contributed by atoms with van der Waals surface area (Å²) >= 11 is 0. The molecule has 0 spiro atoms. The topological polar surface area (TPSA) is 98.8 Å². The van der Waals surface area contributed by atoms with Crippen LogP contribution in [-0.2, 0) is 19.5 Å². The first kappa shape index (κ1) is 22.1. The third kappa shape index (κ3) is 5.21. The summed E-state index contributed by atoms with van der Waals surface area (Å²) in [6.45, 7) is 0.454. The van der Waals surface area contributed by atoms with Gasteiger partial charge >= 0.3 is 5.97 Å². The molecule has 1 saturated heterocycles. The number of Topliss-reactive ketones (excluding diaryl/α,β-unsaturated/α-hetero) is 1. The van der Waals surface area contributed by atoms with E-state index in [0.29, 0.717) is 12.2 Å². The van der Waals surface area contributed by atoms with Crippen LogP contribution in [0, 0.1) is 0 Å². The second kappa shape index (κ2) is 9.60. The molecular formula is C24H23NO6S. The standard InChI is InChI=1S/C24H23NO6S/c26-23(20-8-7-17-4-1-2-5-19(17)14-20)16-31-24(27)18-9-11-22(12-10-18)32(28,29)25-15-21-6-3-13-30-21/h1-2,4-5,7-12,14,21,25H,3,6,13,15-16H2. The number of nitrogens with one attached hydrogen (secondary N) is 1. The van der Waals surface area contributed by atoms with Crippen molar-refractivity contribution in [2.75, 3.05) is 19.8 Å². The molecule has 4 rings (SSSR count). The SMILES string of the molecule is O=C(COC(=O)c1ccc(S(=O)(=O)NCC2CCCO2)cc1)c1ccc2ccccc2c1. The molecule has 32 heavy (non-hydrogen) atoms. The minimum Gasteiger partial charge on any atom is -0.454 e. The molecule has 7 nitrogen and oxygen atoms in total. The van der Waals surface area contributed by atoms with Gasteiger partial charge in [0.2, 0.25) is 10.0 Å². The summed E-state index contributed by atoms with van der Waals surface area (Å²) in [6, 6.07) is 18.4. The Labute approximate surface area is 186 Å². The number of ether oxygens (including phenoxy) is 2. The summed E-state index contributed by atoms with van der Waals surface area (Å²) in [5.74, 6) is -1.02. The van der Waals surface area contributed by atoms with Crippen molar-refractivity contribution in [1.29, 1.82) is 0 Å². The number of benzene rings is 3. The summed E-state index contributed by atoms with van der Waals surface area (Å²) in [5, 5.41) is 1.94. The molecule has 1 aliphatic rings. The Bertz CT molecular complexity index is 1230. The van der Waals surface area contributed by atoms with Crippen LogP contribution < -0.4 is 4.72 Å². The third-order valence-electron chi connectivity index (χ3n) is 5.33. The number of hydrogen-bond donors (Lipinski definition) is 1. The number of carbonyl (C=O) groups excluding carboxylic acids is 2. The van der Waals surface area contributed by atoms with E-state index in [9.17, 15) is 18.0 Å². The molecule has 0 amide bonds. The smallest absolute Gasteiger partial charge is 0.338 e. The van der Waals surface area contributed by atoms with Gasteiger partial charge in [-0.3, -0.25) is 4.79 Å². The molecule has 3 aromatic rings. The van der Waals surface area contributed by atoms with Gasteiger partial charge in [0.05, 0.1) is 16.6 Å². The molecular weight excluding hydrogens is 430 g/mol. The van der Waals surface area contributed by atoms with Crippen LogP contribution in [0.3, 0.4) is 0 Å². The molecule has 0 aliphatic carbocycles. The van der Waals surface area contributed by atoms with E-state index in [0.717, 1.165) is 23.6 Å². The van der Waals surface area contributed by atoms with Gasteiger partial charge in [-0.1, -0.05) is 36.4 Å². The monoisotopic (exact) mass is 453 g/mol. The van der Waals surface area contributed by atoms with Crippen molar-refractivity contribution in [2.24, 2.45) is 0 Å². The van der Waals surface area contributed by atoms with E-state index in [1.165, 1.54) is 24.3 Å². The number of rotatable bonds is 8. The second-order valence-corrected chi connectivity index (χ2v) is 9.34. The van der Waals surface area contributed by atoms with Crippen molar-refractivity contribution in [3.8, 4) is 0 Å². The van der Waals surface area contributed by atoms with Crippen molar-refractivity contribution >= 4 is 32.5 Å². The second-order valence-electron chi connectivity index (χ2n) is 7.57. The van der Waals surface area contributed by atoms with Gasteiger partial charge in [0, 0.05) is 18.7 Å². The maximum Gasteiger partial charge on any atom is 0.338 e. The highest BCUT2D eigenvalue weighted by Crippen LogP contribution is 2.17. The zero-order valence-electron chi connectivity index (χ0n) is 17.3. The lowest BCUT2D eigenvalue weighted by Crippen LogP contribution is -2.31. The average Bonchev–Trinajstić information content (AvgIpc) is 3.35. The highest BCUT2D eigenvalue weighted by molar-refractivity contribution is 7.89. The van der Waals surface area contributed by atoms with E-state index < -0.39 is 22.6 Å². The summed E-state index contributed by atoms with van der Waals surface area (Å²) in [5.41, 5.74) is 0.615. The van der Waals surface area contributed by atoms with Crippen molar-refractivity contribution in [3.63, 3.8) is 0 Å². The predicted molar refractivity (Wildman–Crippen MR) is 119 cm³/mol. The Balaban J connectivity index is 1.34. The van der Waals surface area contributed by atoms with E-state index in [1.807, 2.05) is 30.3 Å². The zero-order valence-corrected chi connectivity index (χ0v) is 18.1. The summed E-state index contributed by atoms with van der Waals surface area (Å²) in [7, 11) is -3.71. The fourth-order valence-corrected chi connectivity index (χ4v) is 4.59. The van der Waals surface area contributed by atoms with Gasteiger partial charge in [-0.2, -0.15) is 0 Å². The van der Waals surface area contributed by atoms with Crippen molar-refractivity contribution in [1.82, 2.24) is 4.72 Å². The number of carbonyl (C=O) groups is 2. The van der Waals surface area contributed by atoms with Gasteiger partial charge in [-0.05, 0) is 53.9 Å². The van der Waals surface area contributed by atoms with Crippen LogP contribution >= 0.6 is 0 Å². The van der Waals surface area contributed by atoms with E-state index >= 15 is 0 Å². The van der Waals surface area contributed by atoms with E-state index in [4.69, 9.17) is 9.47 Å². The lowest BCUT2D eigenvalue weighted by molar-refractivity contribution is 0.0474. The van der Waals surface area contributed by atoms with Crippen LogP contribution in [0.4, 0.5) is 0 Å². The Hall–Kier alpha value is -3.07. The highest BCUT2D eigenvalue weighted by atomic mass is 32.2. The molecule has 1 aliphatic heterocycles. The molecule has 1 N–H and O–H groups in total. The summed E-state index contributed by atoms with van der Waals surface area (Å²) in [4.78, 5) is 24.8. The summed E-state index contributed by atoms with van der Waals surface area (Å²) in [6.07, 6.45) is 1.64. The Morgan fingerprint density at radius 2 is 1.69 bits per heavy atom. The molecule has 0 saturated carbocycles. The third-order valence-corrected chi connectivity index (χ3v) is 6.77. The van der Waals surface area contributed by atoms with Gasteiger partial charge in [-0.15, -0.1) is 0 Å². The normalized spacial score (nSPS) is 16.2. The fraction of sp³-hybridized carbons (Fsp3) is 0.250. The summed E-state index contributed by atoms with van der Waals surface area (Å²) < 4.78 is 37.9. The van der Waals surface area contributed by atoms with Gasteiger partial charge in [0.1, 0.15) is 0 Å². The van der Waals surface area contributed by atoms with E-state index in [1.54, 1.807) is 12.1 Å². The lowest BCUT2D eigenvalue weighted by atomic mass is 10.0. The Morgan fingerprint density at radius 3 is 2.41 bits per heavy atom. The number of sulfonamides is 1. The largest absolute Gasteiger partial charge is 0.454 e. The molecule has 1 heterocycles. The molecule has 0 aromatic heterocycles. The van der Waals surface area contributed by atoms with Gasteiger partial charge in [0.15, 0.2) is 12.4 Å². The van der Waals surface area contributed by atoms with Crippen LogP contribution in [0.15, 0.2) is 71.6 Å². The quantitative estimate of drug-likeness (QED) is 0.415. The first-order chi connectivity index (χ1) is 15.4. The minimum absolute atomic E-state index is 0.0410. The average molecular weight is 454 g/mol.